The summed E-state index contributed by atoms with van der Waals surface area (Å²) in [5.74, 6) is 5.73. The molecule has 0 aliphatic rings. The molecule has 0 fully saturated rings. The molecule has 1 rings (SSSR count). The standard InChI is InChI=1S/C10H18N4/c1-3-14(12)13(2)10(11)9-7-5-4-6-8-9/h4-8,10H,3,11-12H2,1-2H3. The molecule has 0 saturated carbocycles. The van der Waals surface area contributed by atoms with Crippen molar-refractivity contribution in [3.63, 3.8) is 0 Å². The van der Waals surface area contributed by atoms with Crippen molar-refractivity contribution in [1.82, 2.24) is 10.1 Å². The molecule has 0 heterocycles. The summed E-state index contributed by atoms with van der Waals surface area (Å²) in [6, 6.07) is 9.89. The van der Waals surface area contributed by atoms with E-state index in [1.165, 1.54) is 0 Å². The third-order valence-electron chi connectivity index (χ3n) is 2.27. The SMILES string of the molecule is CCN(N)N(C)C(N)c1ccccc1. The molecule has 0 aliphatic carbocycles. The molecule has 1 unspecified atom stereocenters. The monoisotopic (exact) mass is 194 g/mol. The third-order valence-corrected chi connectivity index (χ3v) is 2.27. The highest BCUT2D eigenvalue weighted by Crippen LogP contribution is 2.12. The van der Waals surface area contributed by atoms with Gasteiger partial charge in [0.25, 0.3) is 0 Å². The summed E-state index contributed by atoms with van der Waals surface area (Å²) in [7, 11) is 1.88. The van der Waals surface area contributed by atoms with E-state index in [2.05, 4.69) is 0 Å². The van der Waals surface area contributed by atoms with Crippen LogP contribution >= 0.6 is 0 Å². The molecule has 0 aliphatic heterocycles. The second-order valence-electron chi connectivity index (χ2n) is 3.18. The molecule has 1 aromatic carbocycles. The van der Waals surface area contributed by atoms with Crippen LogP contribution in [0.25, 0.3) is 0 Å². The molecule has 0 amide bonds. The summed E-state index contributed by atoms with van der Waals surface area (Å²) in [5, 5.41) is 3.41. The van der Waals surface area contributed by atoms with Crippen LogP contribution in [-0.4, -0.2) is 23.7 Å². The maximum Gasteiger partial charge on any atom is 0.0979 e. The summed E-state index contributed by atoms with van der Waals surface area (Å²) in [5.41, 5.74) is 7.07. The van der Waals surface area contributed by atoms with Crippen LogP contribution in [0.3, 0.4) is 0 Å². The van der Waals surface area contributed by atoms with Gasteiger partial charge in [0.1, 0.15) is 0 Å². The fourth-order valence-electron chi connectivity index (χ4n) is 1.25. The molecule has 78 valence electrons. The van der Waals surface area contributed by atoms with Crippen LogP contribution in [0.2, 0.25) is 0 Å². The molecule has 4 heteroatoms. The van der Waals surface area contributed by atoms with Crippen LogP contribution in [0, 0.1) is 0 Å². The Bertz CT molecular complexity index is 262. The Hall–Kier alpha value is -0.940. The summed E-state index contributed by atoms with van der Waals surface area (Å²) < 4.78 is 0. The predicted octanol–water partition coefficient (Wildman–Crippen LogP) is 0.686. The number of hydrogen-bond acceptors (Lipinski definition) is 4. The number of hydrogen-bond donors (Lipinski definition) is 2. The quantitative estimate of drug-likeness (QED) is 0.420. The Balaban J connectivity index is 2.70. The van der Waals surface area contributed by atoms with Gasteiger partial charge in [-0.3, -0.25) is 5.84 Å². The first kappa shape index (κ1) is 11.1. The molecule has 4 N–H and O–H groups in total. The zero-order chi connectivity index (χ0) is 10.6. The van der Waals surface area contributed by atoms with Crippen molar-refractivity contribution >= 4 is 0 Å². The van der Waals surface area contributed by atoms with E-state index in [1.807, 2.05) is 49.3 Å². The molecule has 0 radical (unpaired) electrons. The zero-order valence-corrected chi connectivity index (χ0v) is 8.72. The highest BCUT2D eigenvalue weighted by molar-refractivity contribution is 5.17. The van der Waals surface area contributed by atoms with Gasteiger partial charge in [0.05, 0.1) is 6.17 Å². The van der Waals surface area contributed by atoms with E-state index in [0.717, 1.165) is 12.1 Å². The molecular formula is C10H18N4. The van der Waals surface area contributed by atoms with Crippen molar-refractivity contribution in [1.29, 1.82) is 0 Å². The maximum atomic E-state index is 6.02. The molecule has 14 heavy (non-hydrogen) atoms. The predicted molar refractivity (Wildman–Crippen MR) is 57.7 cm³/mol. The Labute approximate surface area is 85.0 Å². The molecule has 1 atom stereocenters. The van der Waals surface area contributed by atoms with Crippen LogP contribution in [0.4, 0.5) is 0 Å². The van der Waals surface area contributed by atoms with Crippen molar-refractivity contribution < 1.29 is 0 Å². The molecular weight excluding hydrogens is 176 g/mol. The van der Waals surface area contributed by atoms with E-state index in [0.29, 0.717) is 0 Å². The first-order valence-electron chi connectivity index (χ1n) is 4.72. The fourth-order valence-corrected chi connectivity index (χ4v) is 1.25. The molecule has 1 aromatic rings. The largest absolute Gasteiger partial charge is 0.311 e. The van der Waals surface area contributed by atoms with Crippen LogP contribution in [0.1, 0.15) is 18.7 Å². The lowest BCUT2D eigenvalue weighted by Crippen LogP contribution is -2.49. The Morgan fingerprint density at radius 2 is 1.86 bits per heavy atom. The molecule has 0 saturated heterocycles. The van der Waals surface area contributed by atoms with Gasteiger partial charge in [-0.1, -0.05) is 30.3 Å². The van der Waals surface area contributed by atoms with Crippen molar-refractivity contribution in [3.05, 3.63) is 35.9 Å². The molecule has 0 bridgehead atoms. The lowest BCUT2D eigenvalue weighted by atomic mass is 10.2. The van der Waals surface area contributed by atoms with Crippen LogP contribution in [0.5, 0.6) is 0 Å². The molecule has 0 aromatic heterocycles. The van der Waals surface area contributed by atoms with Gasteiger partial charge in [-0.15, -0.1) is 0 Å². The normalized spacial score (nSPS) is 13.6. The third kappa shape index (κ3) is 2.52. The Morgan fingerprint density at radius 3 is 2.36 bits per heavy atom. The molecule has 4 nitrogen and oxygen atoms in total. The van der Waals surface area contributed by atoms with Crippen molar-refractivity contribution in [2.45, 2.75) is 13.1 Å². The maximum absolute atomic E-state index is 6.02. The fraction of sp³-hybridized carbons (Fsp3) is 0.400. The van der Waals surface area contributed by atoms with Gasteiger partial charge in [-0.05, 0) is 12.5 Å². The Kier molecular flexibility index (Phi) is 4.03. The minimum atomic E-state index is -0.193. The number of nitrogens with zero attached hydrogens (tertiary/aromatic N) is 2. The van der Waals surface area contributed by atoms with E-state index in [1.54, 1.807) is 5.12 Å². The van der Waals surface area contributed by atoms with E-state index >= 15 is 0 Å². The van der Waals surface area contributed by atoms with Gasteiger partial charge in [-0.25, -0.2) is 5.01 Å². The first-order chi connectivity index (χ1) is 6.66. The summed E-state index contributed by atoms with van der Waals surface area (Å²) in [6.45, 7) is 2.71. The average molecular weight is 194 g/mol. The Morgan fingerprint density at radius 1 is 1.29 bits per heavy atom. The van der Waals surface area contributed by atoms with E-state index in [9.17, 15) is 0 Å². The molecule has 0 spiro atoms. The smallest absolute Gasteiger partial charge is 0.0979 e. The minimum Gasteiger partial charge on any atom is -0.311 e. The van der Waals surface area contributed by atoms with Gasteiger partial charge >= 0.3 is 0 Å². The zero-order valence-electron chi connectivity index (χ0n) is 8.72. The minimum absolute atomic E-state index is 0.193. The van der Waals surface area contributed by atoms with Crippen LogP contribution in [0.15, 0.2) is 30.3 Å². The number of rotatable bonds is 4. The highest BCUT2D eigenvalue weighted by Gasteiger charge is 2.14. The van der Waals surface area contributed by atoms with Gasteiger partial charge < -0.3 is 5.73 Å². The van der Waals surface area contributed by atoms with Crippen molar-refractivity contribution in [2.24, 2.45) is 11.6 Å². The summed E-state index contributed by atoms with van der Waals surface area (Å²) in [4.78, 5) is 0. The lowest BCUT2D eigenvalue weighted by Gasteiger charge is -2.31. The van der Waals surface area contributed by atoms with Gasteiger partial charge in [-0.2, -0.15) is 5.12 Å². The van der Waals surface area contributed by atoms with Gasteiger partial charge in [0, 0.05) is 13.6 Å². The number of nitrogens with two attached hydrogens (primary N) is 2. The van der Waals surface area contributed by atoms with Gasteiger partial charge in [0.2, 0.25) is 0 Å². The lowest BCUT2D eigenvalue weighted by molar-refractivity contribution is -0.0344. The van der Waals surface area contributed by atoms with Crippen LogP contribution < -0.4 is 11.6 Å². The van der Waals surface area contributed by atoms with Crippen molar-refractivity contribution in [3.8, 4) is 0 Å². The second kappa shape index (κ2) is 5.07. The second-order valence-corrected chi connectivity index (χ2v) is 3.18. The topological polar surface area (TPSA) is 58.5 Å². The van der Waals surface area contributed by atoms with E-state index in [-0.39, 0.29) is 6.17 Å². The summed E-state index contributed by atoms with van der Waals surface area (Å²) in [6.07, 6.45) is -0.193. The first-order valence-corrected chi connectivity index (χ1v) is 4.72. The van der Waals surface area contributed by atoms with Crippen molar-refractivity contribution in [2.75, 3.05) is 13.6 Å². The van der Waals surface area contributed by atoms with Crippen LogP contribution in [-0.2, 0) is 0 Å². The summed E-state index contributed by atoms with van der Waals surface area (Å²) >= 11 is 0. The van der Waals surface area contributed by atoms with E-state index < -0.39 is 0 Å². The number of hydrazine groups is 2. The van der Waals surface area contributed by atoms with Gasteiger partial charge in [0.15, 0.2) is 0 Å². The average Bonchev–Trinajstić information content (AvgIpc) is 2.27. The number of benzene rings is 1. The highest BCUT2D eigenvalue weighted by atomic mass is 15.8. The van der Waals surface area contributed by atoms with E-state index in [4.69, 9.17) is 11.6 Å².